The lowest BCUT2D eigenvalue weighted by atomic mass is 9.87. The average Bonchev–Trinajstić information content (AvgIpc) is 3.70. The second-order valence-corrected chi connectivity index (χ2v) is 40.0. The van der Waals surface area contributed by atoms with E-state index >= 15 is 0 Å². The highest BCUT2D eigenvalue weighted by Gasteiger charge is 2.30. The van der Waals surface area contributed by atoms with E-state index in [1.165, 1.54) is 64.0 Å². The third-order valence-corrected chi connectivity index (χ3v) is 20.5. The molecule has 2 aromatic heterocycles. The molecule has 0 saturated carbocycles. The first-order chi connectivity index (χ1) is 22.3. The minimum Gasteiger partial charge on any atom is -0.144 e. The van der Waals surface area contributed by atoms with E-state index in [4.69, 9.17) is 0 Å². The molecule has 0 aliphatic rings. The minimum absolute atomic E-state index is 1.36. The lowest BCUT2D eigenvalue weighted by Gasteiger charge is -2.29. The Morgan fingerprint density at radius 2 is 0.604 bits per heavy atom. The molecule has 0 atom stereocenters. The summed E-state index contributed by atoms with van der Waals surface area (Å²) in [5.74, 6) is 0. The van der Waals surface area contributed by atoms with Crippen molar-refractivity contribution in [2.24, 2.45) is 0 Å². The highest BCUT2D eigenvalue weighted by Crippen LogP contribution is 2.47. The molecule has 0 fully saturated rings. The van der Waals surface area contributed by atoms with Crippen LogP contribution in [0, 0.1) is 0 Å². The molecule has 246 valence electrons. The van der Waals surface area contributed by atoms with Crippen LogP contribution in [0.15, 0.2) is 83.6 Å². The summed E-state index contributed by atoms with van der Waals surface area (Å²) in [6.45, 7) is 30.2. The van der Waals surface area contributed by atoms with Crippen molar-refractivity contribution < 1.29 is 0 Å². The molecule has 0 saturated heterocycles. The molecule has 0 nitrogen and oxygen atoms in total. The van der Waals surface area contributed by atoms with Gasteiger partial charge in [0.05, 0.1) is 32.3 Å². The van der Waals surface area contributed by atoms with E-state index < -0.39 is 32.3 Å². The van der Waals surface area contributed by atoms with Crippen molar-refractivity contribution in [1.82, 2.24) is 0 Å². The van der Waals surface area contributed by atoms with Gasteiger partial charge in [-0.3, -0.25) is 0 Å². The lowest BCUT2D eigenvalue weighted by Crippen LogP contribution is -2.56. The predicted octanol–water partition coefficient (Wildman–Crippen LogP) is 11.9. The van der Waals surface area contributed by atoms with Crippen LogP contribution in [0.1, 0.15) is 0 Å². The topological polar surface area (TPSA) is 0 Å². The Morgan fingerprint density at radius 1 is 0.354 bits per heavy atom. The highest BCUT2D eigenvalue weighted by molar-refractivity contribution is 7.14. The molecule has 0 radical (unpaired) electrons. The van der Waals surface area contributed by atoms with Gasteiger partial charge in [-0.1, -0.05) is 136 Å². The zero-order chi connectivity index (χ0) is 34.6. The quantitative estimate of drug-likeness (QED) is 0.118. The summed E-state index contributed by atoms with van der Waals surface area (Å²) in [5.41, 5.74) is 2.79. The fraction of sp³-hybridized carbons (Fsp3) is 0.286. The molecule has 0 unspecified atom stereocenters. The van der Waals surface area contributed by atoms with Gasteiger partial charge in [0.2, 0.25) is 0 Å². The van der Waals surface area contributed by atoms with Crippen LogP contribution in [0.25, 0.3) is 64.0 Å². The molecule has 7 aromatic rings. The Balaban J connectivity index is 1.71. The molecular formula is C42H50S2Si4. The van der Waals surface area contributed by atoms with Crippen LogP contribution in [0.4, 0.5) is 0 Å². The highest BCUT2D eigenvalue weighted by atomic mass is 32.1. The van der Waals surface area contributed by atoms with E-state index in [2.05, 4.69) is 162 Å². The summed E-state index contributed by atoms with van der Waals surface area (Å²) in [6, 6.07) is 29.7. The Labute approximate surface area is 299 Å². The molecule has 7 rings (SSSR count). The Kier molecular flexibility index (Phi) is 8.10. The van der Waals surface area contributed by atoms with Gasteiger partial charge in [-0.25, -0.2) is 0 Å². The van der Waals surface area contributed by atoms with Crippen molar-refractivity contribution in [3.05, 3.63) is 83.6 Å². The summed E-state index contributed by atoms with van der Waals surface area (Å²) in [4.78, 5) is 2.71. The first-order valence-corrected chi connectivity index (χ1v) is 33.2. The van der Waals surface area contributed by atoms with E-state index in [-0.39, 0.29) is 0 Å². The Morgan fingerprint density at radius 3 is 0.792 bits per heavy atom. The summed E-state index contributed by atoms with van der Waals surface area (Å²) < 4.78 is 0. The van der Waals surface area contributed by atoms with E-state index in [9.17, 15) is 0 Å². The second kappa shape index (κ2) is 11.5. The van der Waals surface area contributed by atoms with Crippen molar-refractivity contribution in [3.63, 3.8) is 0 Å². The molecule has 0 aliphatic heterocycles. The average molecular weight is 731 g/mol. The van der Waals surface area contributed by atoms with Crippen LogP contribution in [0.2, 0.25) is 78.6 Å². The maximum atomic E-state index is 2.60. The number of fused-ring (bicyclic) bond motifs is 4. The van der Waals surface area contributed by atoms with Crippen molar-refractivity contribution in [1.29, 1.82) is 0 Å². The SMILES string of the molecule is C[Si](C)(C)c1cc2cc3c(-c4cccs4)c4cc5cc([Si](C)(C)C)c([Si](C)(C)C)cc5cc4c(-c4cccs4)c3cc2cc1[Si](C)(C)C. The predicted molar refractivity (Wildman–Crippen MR) is 235 cm³/mol. The van der Waals surface area contributed by atoms with Gasteiger partial charge in [-0.05, 0) is 90.2 Å². The number of hydrogen-bond donors (Lipinski definition) is 0. The van der Waals surface area contributed by atoms with Gasteiger partial charge in [0.1, 0.15) is 0 Å². The van der Waals surface area contributed by atoms with E-state index in [1.54, 1.807) is 20.7 Å². The van der Waals surface area contributed by atoms with Crippen molar-refractivity contribution in [2.45, 2.75) is 78.6 Å². The Bertz CT molecular complexity index is 2060. The number of benzene rings is 5. The van der Waals surface area contributed by atoms with Crippen LogP contribution in [-0.2, 0) is 0 Å². The molecular weight excluding hydrogens is 681 g/mol. The smallest absolute Gasteiger partial charge is 0.0774 e. The number of thiophene rings is 2. The summed E-state index contributed by atoms with van der Waals surface area (Å²) >= 11 is 3.75. The van der Waals surface area contributed by atoms with Gasteiger partial charge in [0, 0.05) is 20.9 Å². The lowest BCUT2D eigenvalue weighted by molar-refractivity contribution is 1.69. The standard InChI is InChI=1S/C42H50S2Si4/c1-45(2,3)37-23-27-19-31-32(20-28(27)24-38(37)46(4,5)6)42(36-16-14-18-44-36)34-22-30-26-40(48(10,11)12)39(47(7,8)9)25-29(30)21-33(34)41(31)35-15-13-17-43-35/h13-26H,1-12H3. The normalized spacial score (nSPS) is 13.4. The number of hydrogen-bond acceptors (Lipinski definition) is 2. The zero-order valence-corrected chi connectivity index (χ0v) is 36.5. The molecule has 5 aromatic carbocycles. The number of rotatable bonds is 6. The molecule has 0 amide bonds. The van der Waals surface area contributed by atoms with E-state index in [0.717, 1.165) is 0 Å². The fourth-order valence-electron chi connectivity index (χ4n) is 7.67. The van der Waals surface area contributed by atoms with Crippen LogP contribution < -0.4 is 20.7 Å². The fourth-order valence-corrected chi connectivity index (χ4v) is 19.6. The van der Waals surface area contributed by atoms with Crippen molar-refractivity contribution >= 4 is 119 Å². The third-order valence-electron chi connectivity index (χ3n) is 10.1. The zero-order valence-electron chi connectivity index (χ0n) is 30.9. The largest absolute Gasteiger partial charge is 0.144 e. The van der Waals surface area contributed by atoms with Crippen molar-refractivity contribution in [3.8, 4) is 20.9 Å². The van der Waals surface area contributed by atoms with Gasteiger partial charge < -0.3 is 0 Å². The Hall–Kier alpha value is -2.59. The molecule has 0 bridgehead atoms. The molecule has 0 spiro atoms. The van der Waals surface area contributed by atoms with Crippen LogP contribution in [0.3, 0.4) is 0 Å². The molecule has 0 N–H and O–H groups in total. The molecule has 0 aliphatic carbocycles. The molecule has 6 heteroatoms. The first kappa shape index (κ1) is 33.9. The maximum absolute atomic E-state index is 2.60. The van der Waals surface area contributed by atoms with Gasteiger partial charge in [0.15, 0.2) is 0 Å². The van der Waals surface area contributed by atoms with Crippen LogP contribution in [0.5, 0.6) is 0 Å². The molecule has 2 heterocycles. The summed E-state index contributed by atoms with van der Waals surface area (Å²) in [5, 5.41) is 22.1. The monoisotopic (exact) mass is 730 g/mol. The van der Waals surface area contributed by atoms with E-state index in [0.29, 0.717) is 0 Å². The maximum Gasteiger partial charge on any atom is 0.0774 e. The summed E-state index contributed by atoms with van der Waals surface area (Å²) in [6.07, 6.45) is 0. The van der Waals surface area contributed by atoms with Crippen LogP contribution in [-0.4, -0.2) is 32.3 Å². The van der Waals surface area contributed by atoms with Gasteiger partial charge in [-0.15, -0.1) is 22.7 Å². The minimum atomic E-state index is -1.56. The molecule has 48 heavy (non-hydrogen) atoms. The van der Waals surface area contributed by atoms with Gasteiger partial charge in [0.25, 0.3) is 0 Å². The second-order valence-electron chi connectivity index (χ2n) is 18.0. The van der Waals surface area contributed by atoms with E-state index in [1.807, 2.05) is 22.7 Å². The third kappa shape index (κ3) is 5.86. The van der Waals surface area contributed by atoms with Crippen LogP contribution >= 0.6 is 22.7 Å². The van der Waals surface area contributed by atoms with Gasteiger partial charge in [-0.2, -0.15) is 0 Å². The summed E-state index contributed by atoms with van der Waals surface area (Å²) in [7, 11) is -6.25. The van der Waals surface area contributed by atoms with Crippen molar-refractivity contribution in [2.75, 3.05) is 0 Å². The van der Waals surface area contributed by atoms with Gasteiger partial charge >= 0.3 is 0 Å². The first-order valence-electron chi connectivity index (χ1n) is 17.4.